The Morgan fingerprint density at radius 2 is 1.52 bits per heavy atom. The standard InChI is InChI=1S/C20H20N2O/c1-2-15-9-18(11-16-5-3-7-21-13-16)20(23)19(10-15)12-17-6-4-8-22-14-17/h3-8,11-15H,2,9-10H2,1H3/b18-11-,19-12-. The number of allylic oxidation sites excluding steroid dienone is 2. The van der Waals surface area contributed by atoms with E-state index in [9.17, 15) is 4.79 Å². The Balaban J connectivity index is 1.94. The average molecular weight is 304 g/mol. The maximum Gasteiger partial charge on any atom is 0.185 e. The molecule has 0 aromatic carbocycles. The second-order valence-corrected chi connectivity index (χ2v) is 5.92. The SMILES string of the molecule is CCC1C/C(=C/c2cccnc2)C(=O)/C(=C\c2cccnc2)C1. The van der Waals surface area contributed by atoms with E-state index in [-0.39, 0.29) is 5.78 Å². The largest absolute Gasteiger partial charge is 0.289 e. The number of pyridine rings is 2. The predicted octanol–water partition coefficient (Wildman–Crippen LogP) is 4.33. The molecule has 0 atom stereocenters. The average Bonchev–Trinajstić information content (AvgIpc) is 2.60. The molecule has 1 aliphatic carbocycles. The summed E-state index contributed by atoms with van der Waals surface area (Å²) in [6.45, 7) is 2.18. The van der Waals surface area contributed by atoms with Crippen LogP contribution in [-0.4, -0.2) is 15.8 Å². The van der Waals surface area contributed by atoms with Gasteiger partial charge in [0.05, 0.1) is 0 Å². The maximum atomic E-state index is 12.8. The van der Waals surface area contributed by atoms with Crippen LogP contribution in [0.15, 0.2) is 60.2 Å². The van der Waals surface area contributed by atoms with Crippen LogP contribution in [0, 0.1) is 5.92 Å². The van der Waals surface area contributed by atoms with Gasteiger partial charge in [-0.25, -0.2) is 0 Å². The van der Waals surface area contributed by atoms with Crippen molar-refractivity contribution in [1.29, 1.82) is 0 Å². The molecule has 2 aromatic heterocycles. The molecule has 3 rings (SSSR count). The van der Waals surface area contributed by atoms with Gasteiger partial charge in [-0.15, -0.1) is 0 Å². The fraction of sp³-hybridized carbons (Fsp3) is 0.250. The molecule has 23 heavy (non-hydrogen) atoms. The van der Waals surface area contributed by atoms with E-state index in [0.29, 0.717) is 5.92 Å². The lowest BCUT2D eigenvalue weighted by Crippen LogP contribution is -2.19. The van der Waals surface area contributed by atoms with Gasteiger partial charge >= 0.3 is 0 Å². The maximum absolute atomic E-state index is 12.8. The summed E-state index contributed by atoms with van der Waals surface area (Å²) in [5.74, 6) is 0.668. The molecule has 0 bridgehead atoms. The van der Waals surface area contributed by atoms with Gasteiger partial charge in [-0.1, -0.05) is 25.5 Å². The fourth-order valence-electron chi connectivity index (χ4n) is 2.95. The zero-order valence-corrected chi connectivity index (χ0v) is 13.3. The van der Waals surface area contributed by atoms with E-state index in [0.717, 1.165) is 41.5 Å². The van der Waals surface area contributed by atoms with Gasteiger partial charge in [0.2, 0.25) is 0 Å². The van der Waals surface area contributed by atoms with Crippen LogP contribution in [0.2, 0.25) is 0 Å². The van der Waals surface area contributed by atoms with Crippen LogP contribution in [0.1, 0.15) is 37.3 Å². The number of hydrogen-bond donors (Lipinski definition) is 0. The van der Waals surface area contributed by atoms with Crippen LogP contribution in [0.4, 0.5) is 0 Å². The molecule has 3 nitrogen and oxygen atoms in total. The van der Waals surface area contributed by atoms with Crippen LogP contribution in [-0.2, 0) is 4.79 Å². The van der Waals surface area contributed by atoms with E-state index in [2.05, 4.69) is 16.9 Å². The number of carbonyl (C=O) groups is 1. The van der Waals surface area contributed by atoms with Crippen molar-refractivity contribution in [2.45, 2.75) is 26.2 Å². The Hall–Kier alpha value is -2.55. The lowest BCUT2D eigenvalue weighted by molar-refractivity contribution is -0.113. The summed E-state index contributed by atoms with van der Waals surface area (Å²) < 4.78 is 0. The topological polar surface area (TPSA) is 42.9 Å². The second kappa shape index (κ2) is 7.14. The summed E-state index contributed by atoms with van der Waals surface area (Å²) in [6.07, 6.45) is 13.8. The highest BCUT2D eigenvalue weighted by Gasteiger charge is 2.26. The van der Waals surface area contributed by atoms with Crippen molar-refractivity contribution in [3.63, 3.8) is 0 Å². The summed E-state index contributed by atoms with van der Waals surface area (Å²) in [5.41, 5.74) is 3.72. The molecule has 0 unspecified atom stereocenters. The van der Waals surface area contributed by atoms with E-state index in [1.807, 2.05) is 36.4 Å². The summed E-state index contributed by atoms with van der Waals surface area (Å²) in [4.78, 5) is 21.1. The fourth-order valence-corrected chi connectivity index (χ4v) is 2.95. The molecule has 0 radical (unpaired) electrons. The summed E-state index contributed by atoms with van der Waals surface area (Å²) in [5, 5.41) is 0. The molecule has 1 aliphatic rings. The molecule has 2 aromatic rings. The first-order valence-corrected chi connectivity index (χ1v) is 8.02. The Morgan fingerprint density at radius 3 is 1.91 bits per heavy atom. The Kier molecular flexibility index (Phi) is 4.77. The molecule has 0 aliphatic heterocycles. The predicted molar refractivity (Wildman–Crippen MR) is 92.5 cm³/mol. The van der Waals surface area contributed by atoms with E-state index in [4.69, 9.17) is 0 Å². The van der Waals surface area contributed by atoms with Gasteiger partial charge in [-0.2, -0.15) is 0 Å². The van der Waals surface area contributed by atoms with Gasteiger partial charge in [0.25, 0.3) is 0 Å². The number of nitrogens with zero attached hydrogens (tertiary/aromatic N) is 2. The van der Waals surface area contributed by atoms with Gasteiger partial charge < -0.3 is 0 Å². The number of carbonyl (C=O) groups excluding carboxylic acids is 1. The number of aromatic nitrogens is 2. The van der Waals surface area contributed by atoms with Gasteiger partial charge in [0.15, 0.2) is 5.78 Å². The first-order chi connectivity index (χ1) is 11.3. The third-order valence-electron chi connectivity index (χ3n) is 4.23. The van der Waals surface area contributed by atoms with E-state index in [1.54, 1.807) is 24.8 Å². The van der Waals surface area contributed by atoms with Crippen molar-refractivity contribution < 1.29 is 4.79 Å². The molecular weight excluding hydrogens is 284 g/mol. The lowest BCUT2D eigenvalue weighted by atomic mass is 9.79. The lowest BCUT2D eigenvalue weighted by Gasteiger charge is -2.24. The van der Waals surface area contributed by atoms with E-state index >= 15 is 0 Å². The summed E-state index contributed by atoms with van der Waals surface area (Å²) in [6, 6.07) is 7.74. The smallest absolute Gasteiger partial charge is 0.185 e. The van der Waals surface area contributed by atoms with Crippen molar-refractivity contribution in [2.75, 3.05) is 0 Å². The third-order valence-corrected chi connectivity index (χ3v) is 4.23. The first-order valence-electron chi connectivity index (χ1n) is 8.02. The number of ketones is 1. The van der Waals surface area contributed by atoms with Crippen molar-refractivity contribution in [2.24, 2.45) is 5.92 Å². The minimum absolute atomic E-state index is 0.155. The minimum atomic E-state index is 0.155. The van der Waals surface area contributed by atoms with Crippen molar-refractivity contribution in [1.82, 2.24) is 9.97 Å². The Morgan fingerprint density at radius 1 is 1.00 bits per heavy atom. The van der Waals surface area contributed by atoms with Crippen LogP contribution in [0.25, 0.3) is 12.2 Å². The van der Waals surface area contributed by atoms with Gasteiger partial charge in [-0.05, 0) is 54.2 Å². The quantitative estimate of drug-likeness (QED) is 0.793. The van der Waals surface area contributed by atoms with E-state index in [1.165, 1.54) is 0 Å². The Bertz CT molecular complexity index is 671. The molecule has 1 saturated carbocycles. The molecule has 3 heteroatoms. The number of rotatable bonds is 3. The highest BCUT2D eigenvalue weighted by atomic mass is 16.1. The highest BCUT2D eigenvalue weighted by molar-refractivity contribution is 6.14. The molecular formula is C20H20N2O. The van der Waals surface area contributed by atoms with Crippen LogP contribution in [0.3, 0.4) is 0 Å². The second-order valence-electron chi connectivity index (χ2n) is 5.92. The molecule has 0 saturated heterocycles. The van der Waals surface area contributed by atoms with Crippen molar-refractivity contribution in [3.05, 3.63) is 71.3 Å². The van der Waals surface area contributed by atoms with Gasteiger partial charge in [0, 0.05) is 35.9 Å². The summed E-state index contributed by atoms with van der Waals surface area (Å²) >= 11 is 0. The van der Waals surface area contributed by atoms with Crippen LogP contribution >= 0.6 is 0 Å². The first kappa shape index (κ1) is 15.3. The number of Topliss-reactive ketones (excluding diaryl/α,β-unsaturated/α-hetero) is 1. The molecule has 0 amide bonds. The third kappa shape index (κ3) is 3.81. The van der Waals surface area contributed by atoms with Gasteiger partial charge in [-0.3, -0.25) is 14.8 Å². The van der Waals surface area contributed by atoms with E-state index < -0.39 is 0 Å². The van der Waals surface area contributed by atoms with Gasteiger partial charge in [0.1, 0.15) is 0 Å². The molecule has 2 heterocycles. The molecule has 0 N–H and O–H groups in total. The summed E-state index contributed by atoms with van der Waals surface area (Å²) in [7, 11) is 0. The molecule has 1 fully saturated rings. The zero-order valence-electron chi connectivity index (χ0n) is 13.3. The monoisotopic (exact) mass is 304 g/mol. The molecule has 116 valence electrons. The highest BCUT2D eigenvalue weighted by Crippen LogP contribution is 2.33. The zero-order chi connectivity index (χ0) is 16.1. The molecule has 0 spiro atoms. The normalized spacial score (nSPS) is 21.8. The minimum Gasteiger partial charge on any atom is -0.289 e. The Labute approximate surface area is 136 Å². The van der Waals surface area contributed by atoms with Crippen LogP contribution < -0.4 is 0 Å². The van der Waals surface area contributed by atoms with Crippen molar-refractivity contribution >= 4 is 17.9 Å². The van der Waals surface area contributed by atoms with Crippen LogP contribution in [0.5, 0.6) is 0 Å². The number of hydrogen-bond acceptors (Lipinski definition) is 3. The van der Waals surface area contributed by atoms with Crippen molar-refractivity contribution in [3.8, 4) is 0 Å².